The average Bonchev–Trinajstić information content (AvgIpc) is 3.08. The summed E-state index contributed by atoms with van der Waals surface area (Å²) in [5.74, 6) is -0.0338. The quantitative estimate of drug-likeness (QED) is 0.649. The molecule has 1 heterocycles. The third-order valence-electron chi connectivity index (χ3n) is 4.38. The van der Waals surface area contributed by atoms with Gasteiger partial charge in [0, 0.05) is 35.0 Å². The summed E-state index contributed by atoms with van der Waals surface area (Å²) in [6, 6.07) is 17.3. The maximum absolute atomic E-state index is 13.2. The van der Waals surface area contributed by atoms with E-state index in [1.54, 1.807) is 12.1 Å². The second-order valence-electron chi connectivity index (χ2n) is 6.75. The second-order valence-corrected chi connectivity index (χ2v) is 7.67. The molecule has 3 rings (SSSR count). The molecule has 1 N–H and O–H groups in total. The molecular weight excluding hydrogens is 404 g/mol. The van der Waals surface area contributed by atoms with Crippen LogP contribution in [0.4, 0.5) is 0 Å². The molecule has 3 aromatic rings. The van der Waals surface area contributed by atoms with Crippen molar-refractivity contribution in [2.75, 3.05) is 27.2 Å². The Morgan fingerprint density at radius 3 is 2.52 bits per heavy atom. The fraction of sp³-hybridized carbons (Fsp3) is 0.238. The van der Waals surface area contributed by atoms with Crippen molar-refractivity contribution >= 4 is 32.7 Å². The first-order valence-corrected chi connectivity index (χ1v) is 9.47. The Hall–Kier alpha value is -2.62. The van der Waals surface area contributed by atoms with Gasteiger partial charge in [0.15, 0.2) is 0 Å². The topological polar surface area (TPSA) is 63.1 Å². The highest BCUT2D eigenvalue weighted by Gasteiger charge is 2.18. The van der Waals surface area contributed by atoms with E-state index in [1.807, 2.05) is 55.4 Å². The van der Waals surface area contributed by atoms with E-state index in [0.29, 0.717) is 24.3 Å². The molecule has 0 saturated heterocycles. The van der Waals surface area contributed by atoms with Crippen LogP contribution in [0.5, 0.6) is 0 Å². The highest BCUT2D eigenvalue weighted by atomic mass is 79.9. The SMILES string of the molecule is CN(C)CCN(Cc1ccc(C#N)cc1)C(=O)c1cc2ccc(Br)cc2[nH]1. The number of fused-ring (bicyclic) bond motifs is 1. The molecule has 0 aliphatic carbocycles. The molecule has 2 aromatic carbocycles. The fourth-order valence-electron chi connectivity index (χ4n) is 2.86. The van der Waals surface area contributed by atoms with Gasteiger partial charge in [0.2, 0.25) is 0 Å². The molecule has 6 heteroatoms. The van der Waals surface area contributed by atoms with Gasteiger partial charge in [0.25, 0.3) is 5.91 Å². The van der Waals surface area contributed by atoms with E-state index in [4.69, 9.17) is 5.26 Å². The number of likely N-dealkylation sites (N-methyl/N-ethyl adjacent to an activating group) is 1. The molecule has 0 aliphatic heterocycles. The van der Waals surface area contributed by atoms with Crippen molar-refractivity contribution in [1.82, 2.24) is 14.8 Å². The number of hydrogen-bond donors (Lipinski definition) is 1. The second kappa shape index (κ2) is 8.38. The van der Waals surface area contributed by atoms with Crippen LogP contribution in [0.25, 0.3) is 10.9 Å². The summed E-state index contributed by atoms with van der Waals surface area (Å²) >= 11 is 3.46. The molecule has 27 heavy (non-hydrogen) atoms. The Morgan fingerprint density at radius 2 is 1.85 bits per heavy atom. The summed E-state index contributed by atoms with van der Waals surface area (Å²) in [7, 11) is 3.98. The summed E-state index contributed by atoms with van der Waals surface area (Å²) in [6.45, 7) is 1.89. The third kappa shape index (κ3) is 4.76. The van der Waals surface area contributed by atoms with Crippen molar-refractivity contribution in [3.05, 3.63) is 69.8 Å². The van der Waals surface area contributed by atoms with Crippen molar-refractivity contribution in [2.45, 2.75) is 6.54 Å². The minimum Gasteiger partial charge on any atom is -0.350 e. The van der Waals surface area contributed by atoms with E-state index < -0.39 is 0 Å². The van der Waals surface area contributed by atoms with Crippen molar-refractivity contribution in [2.24, 2.45) is 0 Å². The molecule has 0 atom stereocenters. The molecular formula is C21H21BrN4O. The molecule has 0 spiro atoms. The van der Waals surface area contributed by atoms with Crippen LogP contribution in [0.3, 0.4) is 0 Å². The lowest BCUT2D eigenvalue weighted by atomic mass is 10.1. The zero-order chi connectivity index (χ0) is 19.4. The maximum atomic E-state index is 13.2. The smallest absolute Gasteiger partial charge is 0.270 e. The Morgan fingerprint density at radius 1 is 1.11 bits per heavy atom. The molecule has 0 unspecified atom stereocenters. The molecule has 5 nitrogen and oxygen atoms in total. The van der Waals surface area contributed by atoms with E-state index >= 15 is 0 Å². The van der Waals surface area contributed by atoms with Gasteiger partial charge in [-0.15, -0.1) is 0 Å². The number of nitriles is 1. The number of rotatable bonds is 6. The summed E-state index contributed by atoms with van der Waals surface area (Å²) in [6.07, 6.45) is 0. The predicted molar refractivity (Wildman–Crippen MR) is 110 cm³/mol. The molecule has 0 bridgehead atoms. The Bertz CT molecular complexity index is 986. The monoisotopic (exact) mass is 424 g/mol. The Balaban J connectivity index is 1.85. The largest absolute Gasteiger partial charge is 0.350 e. The minimum absolute atomic E-state index is 0.0338. The van der Waals surface area contributed by atoms with E-state index in [-0.39, 0.29) is 5.91 Å². The van der Waals surface area contributed by atoms with E-state index in [9.17, 15) is 4.79 Å². The molecule has 1 amide bonds. The molecule has 0 fully saturated rings. The van der Waals surface area contributed by atoms with Gasteiger partial charge in [0.1, 0.15) is 5.69 Å². The summed E-state index contributed by atoms with van der Waals surface area (Å²) in [5.41, 5.74) is 3.13. The average molecular weight is 425 g/mol. The van der Waals surface area contributed by atoms with Crippen LogP contribution in [-0.2, 0) is 6.54 Å². The van der Waals surface area contributed by atoms with Crippen LogP contribution in [0.2, 0.25) is 0 Å². The van der Waals surface area contributed by atoms with Crippen molar-refractivity contribution in [3.8, 4) is 6.07 Å². The predicted octanol–water partition coefficient (Wildman–Crippen LogP) is 4.01. The Kier molecular flexibility index (Phi) is 5.94. The van der Waals surface area contributed by atoms with Crippen LogP contribution in [0, 0.1) is 11.3 Å². The number of carbonyl (C=O) groups is 1. The molecule has 1 aromatic heterocycles. The third-order valence-corrected chi connectivity index (χ3v) is 4.87. The Labute approximate surface area is 167 Å². The number of nitrogens with zero attached hydrogens (tertiary/aromatic N) is 3. The van der Waals surface area contributed by atoms with E-state index in [1.165, 1.54) is 0 Å². The lowest BCUT2D eigenvalue weighted by Gasteiger charge is -2.24. The number of hydrogen-bond acceptors (Lipinski definition) is 3. The number of benzene rings is 2. The minimum atomic E-state index is -0.0338. The number of carbonyl (C=O) groups excluding carboxylic acids is 1. The van der Waals surface area contributed by atoms with Crippen LogP contribution in [0.15, 0.2) is 53.0 Å². The summed E-state index contributed by atoms with van der Waals surface area (Å²) in [5, 5.41) is 9.96. The number of nitrogens with one attached hydrogen (secondary N) is 1. The van der Waals surface area contributed by atoms with Gasteiger partial charge in [-0.1, -0.05) is 34.1 Å². The summed E-state index contributed by atoms with van der Waals surface area (Å²) < 4.78 is 0.970. The highest BCUT2D eigenvalue weighted by Crippen LogP contribution is 2.21. The zero-order valence-electron chi connectivity index (χ0n) is 15.4. The molecule has 0 saturated carbocycles. The fourth-order valence-corrected chi connectivity index (χ4v) is 3.22. The summed E-state index contributed by atoms with van der Waals surface area (Å²) in [4.78, 5) is 20.3. The first-order chi connectivity index (χ1) is 13.0. The standard InChI is InChI=1S/C21H21BrN4O/c1-25(2)9-10-26(14-16-5-3-15(13-23)4-6-16)21(27)20-11-17-7-8-18(22)12-19(17)24-20/h3-8,11-12,24H,9-10,14H2,1-2H3. The maximum Gasteiger partial charge on any atom is 0.270 e. The lowest BCUT2D eigenvalue weighted by Crippen LogP contribution is -2.36. The zero-order valence-corrected chi connectivity index (χ0v) is 17.0. The number of aromatic amines is 1. The molecule has 138 valence electrons. The van der Waals surface area contributed by atoms with Gasteiger partial charge in [-0.2, -0.15) is 5.26 Å². The van der Waals surface area contributed by atoms with Crippen LogP contribution in [-0.4, -0.2) is 47.9 Å². The number of amides is 1. The van der Waals surface area contributed by atoms with E-state index in [2.05, 4.69) is 31.9 Å². The highest BCUT2D eigenvalue weighted by molar-refractivity contribution is 9.10. The first kappa shape index (κ1) is 19.2. The number of aromatic nitrogens is 1. The molecule has 0 radical (unpaired) electrons. The van der Waals surface area contributed by atoms with Crippen LogP contribution < -0.4 is 0 Å². The van der Waals surface area contributed by atoms with Crippen molar-refractivity contribution in [1.29, 1.82) is 5.26 Å². The van der Waals surface area contributed by atoms with Crippen molar-refractivity contribution in [3.63, 3.8) is 0 Å². The van der Waals surface area contributed by atoms with E-state index in [0.717, 1.165) is 27.5 Å². The van der Waals surface area contributed by atoms with Gasteiger partial charge >= 0.3 is 0 Å². The van der Waals surface area contributed by atoms with Gasteiger partial charge < -0.3 is 14.8 Å². The molecule has 0 aliphatic rings. The number of H-pyrrole nitrogens is 1. The van der Waals surface area contributed by atoms with Gasteiger partial charge in [-0.3, -0.25) is 4.79 Å². The van der Waals surface area contributed by atoms with Crippen molar-refractivity contribution < 1.29 is 4.79 Å². The van der Waals surface area contributed by atoms with Gasteiger partial charge in [-0.05, 0) is 50.0 Å². The van der Waals surface area contributed by atoms with Gasteiger partial charge in [-0.25, -0.2) is 0 Å². The number of halogens is 1. The first-order valence-electron chi connectivity index (χ1n) is 8.67. The van der Waals surface area contributed by atoms with Gasteiger partial charge in [0.05, 0.1) is 11.6 Å². The van der Waals surface area contributed by atoms with Crippen LogP contribution in [0.1, 0.15) is 21.6 Å². The lowest BCUT2D eigenvalue weighted by molar-refractivity contribution is 0.0727. The normalized spacial score (nSPS) is 10.9. The van der Waals surface area contributed by atoms with Crippen LogP contribution >= 0.6 is 15.9 Å².